The summed E-state index contributed by atoms with van der Waals surface area (Å²) >= 11 is 0. The third kappa shape index (κ3) is 4.91. The number of para-hydroxylation sites is 2. The van der Waals surface area contributed by atoms with Crippen LogP contribution in [-0.4, -0.2) is 9.97 Å². The Labute approximate surface area is 325 Å². The molecule has 56 heavy (non-hydrogen) atoms. The number of rotatable bonds is 6. The van der Waals surface area contributed by atoms with Crippen molar-refractivity contribution in [3.05, 3.63) is 229 Å². The van der Waals surface area contributed by atoms with Gasteiger partial charge in [0.05, 0.1) is 16.8 Å². The van der Waals surface area contributed by atoms with Crippen molar-refractivity contribution in [1.82, 2.24) is 9.97 Å². The van der Waals surface area contributed by atoms with Crippen molar-refractivity contribution in [2.24, 2.45) is 0 Å². The maximum absolute atomic E-state index is 6.46. The van der Waals surface area contributed by atoms with E-state index < -0.39 is 5.41 Å². The largest absolute Gasteiger partial charge is 0.455 e. The summed E-state index contributed by atoms with van der Waals surface area (Å²) in [6, 6.07) is 73.2. The van der Waals surface area contributed by atoms with Gasteiger partial charge in [0, 0.05) is 33.0 Å². The minimum atomic E-state index is -0.505. The van der Waals surface area contributed by atoms with E-state index in [1.165, 1.54) is 33.4 Å². The van der Waals surface area contributed by atoms with E-state index in [0.717, 1.165) is 61.1 Å². The van der Waals surface area contributed by atoms with Crippen LogP contribution in [0.4, 0.5) is 0 Å². The van der Waals surface area contributed by atoms with Crippen LogP contribution in [0.15, 0.2) is 211 Å². The fourth-order valence-corrected chi connectivity index (χ4v) is 8.98. The van der Waals surface area contributed by atoms with Crippen LogP contribution in [0, 0.1) is 0 Å². The number of hydrogen-bond acceptors (Lipinski definition) is 3. The summed E-state index contributed by atoms with van der Waals surface area (Å²) in [5.74, 6) is 0.684. The maximum atomic E-state index is 6.46. The second kappa shape index (κ2) is 12.9. The molecule has 262 valence electrons. The minimum Gasteiger partial charge on any atom is -0.455 e. The number of benzene rings is 8. The van der Waals surface area contributed by atoms with Crippen molar-refractivity contribution < 1.29 is 4.42 Å². The summed E-state index contributed by atoms with van der Waals surface area (Å²) in [5, 5.41) is 2.23. The number of nitrogens with zero attached hydrogens (tertiary/aromatic N) is 2. The van der Waals surface area contributed by atoms with Crippen molar-refractivity contribution in [2.45, 2.75) is 5.41 Å². The molecule has 0 atom stereocenters. The van der Waals surface area contributed by atoms with Crippen molar-refractivity contribution in [2.75, 3.05) is 0 Å². The fourth-order valence-electron chi connectivity index (χ4n) is 8.98. The standard InChI is InChI=1S/C53H34N2O/c1-4-17-35(18-5-1)52-54-47(37-20-14-19-36(33-37)40-27-15-28-42-41-25-11-13-32-49(41)56-51(40)42)34-48(55-52)44-29-16-31-46-50(44)43-26-10-12-30-45(43)53(46,38-21-6-2-7-22-38)39-23-8-3-9-24-39/h1-34H. The number of furan rings is 1. The highest BCUT2D eigenvalue weighted by atomic mass is 16.3. The first kappa shape index (κ1) is 32.1. The molecule has 0 radical (unpaired) electrons. The summed E-state index contributed by atoms with van der Waals surface area (Å²) in [7, 11) is 0. The van der Waals surface area contributed by atoms with Crippen LogP contribution in [0.2, 0.25) is 0 Å². The van der Waals surface area contributed by atoms with Crippen LogP contribution in [0.25, 0.3) is 78.1 Å². The van der Waals surface area contributed by atoms with Crippen LogP contribution >= 0.6 is 0 Å². The lowest BCUT2D eigenvalue weighted by Crippen LogP contribution is -2.28. The third-order valence-corrected chi connectivity index (χ3v) is 11.4. The fraction of sp³-hybridized carbons (Fsp3) is 0.0189. The average molecular weight is 715 g/mol. The van der Waals surface area contributed by atoms with E-state index >= 15 is 0 Å². The molecule has 0 spiro atoms. The maximum Gasteiger partial charge on any atom is 0.160 e. The van der Waals surface area contributed by atoms with Gasteiger partial charge in [-0.15, -0.1) is 0 Å². The van der Waals surface area contributed by atoms with Crippen LogP contribution in [0.1, 0.15) is 22.3 Å². The van der Waals surface area contributed by atoms with E-state index in [1.807, 2.05) is 30.3 Å². The molecular formula is C53H34N2O. The van der Waals surface area contributed by atoms with Gasteiger partial charge >= 0.3 is 0 Å². The molecular weight excluding hydrogens is 681 g/mol. The predicted octanol–water partition coefficient (Wildman–Crippen LogP) is 13.4. The Hall–Kier alpha value is -7.36. The van der Waals surface area contributed by atoms with E-state index in [9.17, 15) is 0 Å². The summed E-state index contributed by atoms with van der Waals surface area (Å²) < 4.78 is 6.46. The van der Waals surface area contributed by atoms with E-state index in [0.29, 0.717) is 5.82 Å². The molecule has 8 aromatic carbocycles. The second-order valence-electron chi connectivity index (χ2n) is 14.4. The quantitative estimate of drug-likeness (QED) is 0.172. The first-order valence-corrected chi connectivity index (χ1v) is 19.1. The van der Waals surface area contributed by atoms with Gasteiger partial charge in [-0.25, -0.2) is 9.97 Å². The topological polar surface area (TPSA) is 38.9 Å². The molecule has 2 aromatic heterocycles. The van der Waals surface area contributed by atoms with Crippen molar-refractivity contribution in [1.29, 1.82) is 0 Å². The van der Waals surface area contributed by atoms with Gasteiger partial charge in [0.2, 0.25) is 0 Å². The molecule has 0 fully saturated rings. The van der Waals surface area contributed by atoms with Crippen LogP contribution in [-0.2, 0) is 5.41 Å². The molecule has 3 heteroatoms. The summed E-state index contributed by atoms with van der Waals surface area (Å²) in [6.07, 6.45) is 0. The SMILES string of the molecule is c1ccc(-c2nc(-c3cccc(-c4cccc5c4oc4ccccc45)c3)cc(-c3cccc4c3-c3ccccc3C4(c3ccccc3)c3ccccc3)n2)cc1. The molecule has 0 N–H and O–H groups in total. The Kier molecular flexibility index (Phi) is 7.39. The lowest BCUT2D eigenvalue weighted by Gasteiger charge is -2.33. The molecule has 11 rings (SSSR count). The average Bonchev–Trinajstić information content (AvgIpc) is 3.81. The van der Waals surface area contributed by atoms with Gasteiger partial charge in [-0.05, 0) is 57.1 Å². The molecule has 10 aromatic rings. The van der Waals surface area contributed by atoms with Crippen molar-refractivity contribution in [3.63, 3.8) is 0 Å². The zero-order valence-corrected chi connectivity index (χ0v) is 30.4. The predicted molar refractivity (Wildman–Crippen MR) is 228 cm³/mol. The highest BCUT2D eigenvalue weighted by molar-refractivity contribution is 6.09. The Morgan fingerprint density at radius 1 is 0.375 bits per heavy atom. The zero-order valence-electron chi connectivity index (χ0n) is 30.4. The van der Waals surface area contributed by atoms with Gasteiger partial charge in [-0.2, -0.15) is 0 Å². The number of fused-ring (bicyclic) bond motifs is 6. The first-order valence-electron chi connectivity index (χ1n) is 19.1. The van der Waals surface area contributed by atoms with Crippen LogP contribution < -0.4 is 0 Å². The molecule has 0 saturated carbocycles. The van der Waals surface area contributed by atoms with E-state index in [2.05, 4.69) is 176 Å². The molecule has 0 bridgehead atoms. The van der Waals surface area contributed by atoms with Crippen molar-refractivity contribution >= 4 is 21.9 Å². The monoisotopic (exact) mass is 714 g/mol. The van der Waals surface area contributed by atoms with E-state index in [4.69, 9.17) is 14.4 Å². The Morgan fingerprint density at radius 2 is 0.929 bits per heavy atom. The second-order valence-corrected chi connectivity index (χ2v) is 14.4. The number of hydrogen-bond donors (Lipinski definition) is 0. The number of aromatic nitrogens is 2. The highest BCUT2D eigenvalue weighted by Gasteiger charge is 2.46. The summed E-state index contributed by atoms with van der Waals surface area (Å²) in [5.41, 5.74) is 15.6. The van der Waals surface area contributed by atoms with Gasteiger partial charge in [0.15, 0.2) is 5.82 Å². The Balaban J connectivity index is 1.14. The van der Waals surface area contributed by atoms with Crippen molar-refractivity contribution in [3.8, 4) is 56.2 Å². The molecule has 3 nitrogen and oxygen atoms in total. The molecule has 0 aliphatic heterocycles. The molecule has 1 aliphatic rings. The lowest BCUT2D eigenvalue weighted by atomic mass is 9.67. The lowest BCUT2D eigenvalue weighted by molar-refractivity contribution is 0.670. The summed E-state index contributed by atoms with van der Waals surface area (Å²) in [4.78, 5) is 10.6. The summed E-state index contributed by atoms with van der Waals surface area (Å²) in [6.45, 7) is 0. The van der Waals surface area contributed by atoms with Gasteiger partial charge < -0.3 is 4.42 Å². The molecule has 0 unspecified atom stereocenters. The molecule has 1 aliphatic carbocycles. The van der Waals surface area contributed by atoms with Crippen LogP contribution in [0.3, 0.4) is 0 Å². The van der Waals surface area contributed by atoms with Crippen LogP contribution in [0.5, 0.6) is 0 Å². The highest BCUT2D eigenvalue weighted by Crippen LogP contribution is 2.58. The van der Waals surface area contributed by atoms with Gasteiger partial charge in [-0.3, -0.25) is 0 Å². The van der Waals surface area contributed by atoms with E-state index in [-0.39, 0.29) is 0 Å². The van der Waals surface area contributed by atoms with Gasteiger partial charge in [0.1, 0.15) is 11.2 Å². The van der Waals surface area contributed by atoms with Gasteiger partial charge in [0.25, 0.3) is 0 Å². The first-order chi connectivity index (χ1) is 27.8. The molecule has 0 saturated heterocycles. The third-order valence-electron chi connectivity index (χ3n) is 11.4. The zero-order chi connectivity index (χ0) is 37.1. The van der Waals surface area contributed by atoms with E-state index in [1.54, 1.807) is 0 Å². The molecule has 2 heterocycles. The smallest absolute Gasteiger partial charge is 0.160 e. The minimum absolute atomic E-state index is 0.505. The normalized spacial score (nSPS) is 12.8. The molecule has 0 amide bonds. The Morgan fingerprint density at radius 3 is 1.73 bits per heavy atom. The van der Waals surface area contributed by atoms with Gasteiger partial charge in [-0.1, -0.05) is 188 Å². The Bertz CT molecular complexity index is 3040.